The molecule has 8 heteroatoms. The van der Waals surface area contributed by atoms with E-state index < -0.39 is 0 Å². The van der Waals surface area contributed by atoms with Crippen LogP contribution in [0.25, 0.3) is 0 Å². The molecule has 0 bridgehead atoms. The largest absolute Gasteiger partial charge is 0.474 e. The van der Waals surface area contributed by atoms with Crippen molar-refractivity contribution in [3.8, 4) is 5.88 Å². The van der Waals surface area contributed by atoms with Gasteiger partial charge in [0.25, 0.3) is 0 Å². The van der Waals surface area contributed by atoms with Crippen molar-refractivity contribution in [2.24, 2.45) is 10.9 Å². The molecule has 3 fully saturated rings. The number of likely N-dealkylation sites (tertiary alicyclic amines) is 1. The van der Waals surface area contributed by atoms with Crippen LogP contribution < -0.4 is 15.4 Å². The summed E-state index contributed by atoms with van der Waals surface area (Å²) >= 11 is 0. The predicted octanol–water partition coefficient (Wildman–Crippen LogP) is 4.26. The second kappa shape index (κ2) is 13.3. The number of aromatic nitrogens is 1. The third kappa shape index (κ3) is 7.72. The molecule has 2 heterocycles. The standard InChI is InChI=1S/C25H39N5O2.HI/c1-2-26-25(29-21-13-15-30(18-21)24(31)20-8-6-7-9-20)28-17-19-12-14-27-23(16-19)32-22-10-4-3-5-11-22;/h12,14,16,20-22H,2-11,13,15,17-18H2,1H3,(H2,26,28,29);1H. The summed E-state index contributed by atoms with van der Waals surface area (Å²) in [6.07, 6.45) is 13.7. The maximum atomic E-state index is 12.7. The summed E-state index contributed by atoms with van der Waals surface area (Å²) in [6, 6.07) is 4.26. The Morgan fingerprint density at radius 3 is 2.67 bits per heavy atom. The van der Waals surface area contributed by atoms with Crippen LogP contribution in [0, 0.1) is 5.92 Å². The van der Waals surface area contributed by atoms with Crippen LogP contribution in [0.1, 0.15) is 76.7 Å². The van der Waals surface area contributed by atoms with E-state index in [0.717, 1.165) is 63.3 Å². The predicted molar refractivity (Wildman–Crippen MR) is 142 cm³/mol. The average Bonchev–Trinajstić information content (AvgIpc) is 3.51. The van der Waals surface area contributed by atoms with Crippen molar-refractivity contribution >= 4 is 35.8 Å². The second-order valence-corrected chi connectivity index (χ2v) is 9.47. The van der Waals surface area contributed by atoms with Gasteiger partial charge in [0.15, 0.2) is 5.96 Å². The van der Waals surface area contributed by atoms with E-state index in [0.29, 0.717) is 24.4 Å². The lowest BCUT2D eigenvalue weighted by molar-refractivity contribution is -0.134. The highest BCUT2D eigenvalue weighted by Gasteiger charge is 2.32. The zero-order chi connectivity index (χ0) is 22.2. The van der Waals surface area contributed by atoms with E-state index in [1.54, 1.807) is 0 Å². The molecule has 1 amide bonds. The number of carbonyl (C=O) groups is 1. The fourth-order valence-corrected chi connectivity index (χ4v) is 5.16. The van der Waals surface area contributed by atoms with Crippen molar-refractivity contribution in [3.63, 3.8) is 0 Å². The summed E-state index contributed by atoms with van der Waals surface area (Å²) in [5.41, 5.74) is 1.09. The number of carbonyl (C=O) groups excluding carboxylic acids is 1. The molecule has 1 aromatic rings. The smallest absolute Gasteiger partial charge is 0.225 e. The monoisotopic (exact) mass is 569 g/mol. The summed E-state index contributed by atoms with van der Waals surface area (Å²) in [4.78, 5) is 24.0. The normalized spacial score (nSPS) is 22.2. The minimum absolute atomic E-state index is 0. The van der Waals surface area contributed by atoms with Crippen LogP contribution in [0.15, 0.2) is 23.3 Å². The molecule has 1 unspecified atom stereocenters. The highest BCUT2D eigenvalue weighted by atomic mass is 127. The van der Waals surface area contributed by atoms with Crippen molar-refractivity contribution < 1.29 is 9.53 Å². The average molecular weight is 570 g/mol. The Labute approximate surface area is 215 Å². The van der Waals surface area contributed by atoms with Crippen molar-refractivity contribution in [2.75, 3.05) is 19.6 Å². The third-order valence-corrected chi connectivity index (χ3v) is 6.95. The Hall–Kier alpha value is -1.58. The Balaban J connectivity index is 0.00000306. The van der Waals surface area contributed by atoms with Crippen LogP contribution in [-0.4, -0.2) is 53.5 Å². The van der Waals surface area contributed by atoms with Crippen molar-refractivity contribution in [3.05, 3.63) is 23.9 Å². The van der Waals surface area contributed by atoms with Crippen LogP contribution in [0.4, 0.5) is 0 Å². The number of nitrogens with one attached hydrogen (secondary N) is 2. The van der Waals surface area contributed by atoms with Gasteiger partial charge in [-0.1, -0.05) is 19.3 Å². The van der Waals surface area contributed by atoms with Gasteiger partial charge in [-0.15, -0.1) is 24.0 Å². The number of hydrogen-bond donors (Lipinski definition) is 2. The van der Waals surface area contributed by atoms with Crippen LogP contribution in [0.3, 0.4) is 0 Å². The van der Waals surface area contributed by atoms with Crippen molar-refractivity contribution in [2.45, 2.75) is 89.8 Å². The molecule has 0 radical (unpaired) electrons. The molecule has 1 aliphatic heterocycles. The second-order valence-electron chi connectivity index (χ2n) is 9.47. The van der Waals surface area contributed by atoms with Gasteiger partial charge in [-0.3, -0.25) is 4.79 Å². The fraction of sp³-hybridized carbons (Fsp3) is 0.720. The van der Waals surface area contributed by atoms with Gasteiger partial charge in [0.2, 0.25) is 11.8 Å². The Morgan fingerprint density at radius 1 is 1.15 bits per heavy atom. The number of rotatable bonds is 7. The highest BCUT2D eigenvalue weighted by molar-refractivity contribution is 14.0. The van der Waals surface area contributed by atoms with E-state index in [-0.39, 0.29) is 35.9 Å². The van der Waals surface area contributed by atoms with E-state index in [2.05, 4.69) is 27.4 Å². The van der Waals surface area contributed by atoms with Gasteiger partial charge in [-0.05, 0) is 63.5 Å². The number of ether oxygens (including phenoxy) is 1. The third-order valence-electron chi connectivity index (χ3n) is 6.95. The lowest BCUT2D eigenvalue weighted by atomic mass is 9.98. The molecule has 2 saturated carbocycles. The number of guanidine groups is 1. The topological polar surface area (TPSA) is 78.9 Å². The first-order valence-electron chi connectivity index (χ1n) is 12.7. The fourth-order valence-electron chi connectivity index (χ4n) is 5.16. The van der Waals surface area contributed by atoms with Crippen LogP contribution in [0.5, 0.6) is 5.88 Å². The summed E-state index contributed by atoms with van der Waals surface area (Å²) in [6.45, 7) is 5.06. The number of nitrogens with zero attached hydrogens (tertiary/aromatic N) is 3. The number of hydrogen-bond acceptors (Lipinski definition) is 4. The van der Waals surface area contributed by atoms with E-state index in [9.17, 15) is 4.79 Å². The van der Waals surface area contributed by atoms with Gasteiger partial charge in [0, 0.05) is 43.9 Å². The number of pyridine rings is 1. The van der Waals surface area contributed by atoms with Gasteiger partial charge in [0.05, 0.1) is 6.54 Å². The molecule has 1 saturated heterocycles. The minimum atomic E-state index is 0. The summed E-state index contributed by atoms with van der Waals surface area (Å²) in [5, 5.41) is 6.89. The molecule has 33 heavy (non-hydrogen) atoms. The maximum Gasteiger partial charge on any atom is 0.225 e. The maximum absolute atomic E-state index is 12.7. The molecule has 0 spiro atoms. The number of aliphatic imine (C=N–C) groups is 1. The molecular formula is C25H40IN5O2. The van der Waals surface area contributed by atoms with Gasteiger partial charge < -0.3 is 20.3 Å². The van der Waals surface area contributed by atoms with Crippen LogP contribution in [-0.2, 0) is 11.3 Å². The van der Waals surface area contributed by atoms with Gasteiger partial charge in [-0.25, -0.2) is 9.98 Å². The zero-order valence-corrected chi connectivity index (χ0v) is 22.3. The highest BCUT2D eigenvalue weighted by Crippen LogP contribution is 2.28. The van der Waals surface area contributed by atoms with Crippen molar-refractivity contribution in [1.82, 2.24) is 20.5 Å². The molecule has 0 aromatic carbocycles. The molecule has 4 rings (SSSR count). The number of halogens is 1. The SMILES string of the molecule is CCNC(=NCc1ccnc(OC2CCCCC2)c1)NC1CCN(C(=O)C2CCCC2)C1.I. The van der Waals surface area contributed by atoms with E-state index in [1.807, 2.05) is 18.3 Å². The minimum Gasteiger partial charge on any atom is -0.474 e. The molecule has 2 aliphatic carbocycles. The van der Waals surface area contributed by atoms with Crippen molar-refractivity contribution in [1.29, 1.82) is 0 Å². The first-order valence-corrected chi connectivity index (χ1v) is 12.7. The molecule has 3 aliphatic rings. The van der Waals surface area contributed by atoms with Gasteiger partial charge in [0.1, 0.15) is 6.10 Å². The van der Waals surface area contributed by atoms with E-state index in [1.165, 1.54) is 32.1 Å². The molecule has 184 valence electrons. The van der Waals surface area contributed by atoms with Crippen LogP contribution >= 0.6 is 24.0 Å². The Morgan fingerprint density at radius 2 is 1.91 bits per heavy atom. The van der Waals surface area contributed by atoms with Gasteiger partial charge in [-0.2, -0.15) is 0 Å². The lowest BCUT2D eigenvalue weighted by Crippen LogP contribution is -2.45. The molecule has 1 aromatic heterocycles. The Kier molecular flexibility index (Phi) is 10.5. The van der Waals surface area contributed by atoms with E-state index in [4.69, 9.17) is 9.73 Å². The Bertz CT molecular complexity index is 778. The first-order chi connectivity index (χ1) is 15.7. The zero-order valence-electron chi connectivity index (χ0n) is 19.9. The lowest BCUT2D eigenvalue weighted by Gasteiger charge is -2.22. The molecule has 7 nitrogen and oxygen atoms in total. The summed E-state index contributed by atoms with van der Waals surface area (Å²) < 4.78 is 6.11. The summed E-state index contributed by atoms with van der Waals surface area (Å²) in [5.74, 6) is 2.13. The van der Waals surface area contributed by atoms with Gasteiger partial charge >= 0.3 is 0 Å². The molecule has 2 N–H and O–H groups in total. The summed E-state index contributed by atoms with van der Waals surface area (Å²) in [7, 11) is 0. The molecular weight excluding hydrogens is 529 g/mol. The first kappa shape index (κ1) is 26.0. The quantitative estimate of drug-likeness (QED) is 0.292. The van der Waals surface area contributed by atoms with E-state index >= 15 is 0 Å². The van der Waals surface area contributed by atoms with Crippen LogP contribution in [0.2, 0.25) is 0 Å². The molecule has 1 atom stereocenters. The number of amides is 1.